The molecule has 0 saturated heterocycles. The fourth-order valence-corrected chi connectivity index (χ4v) is 3.69. The van der Waals surface area contributed by atoms with Crippen LogP contribution in [0, 0.1) is 6.92 Å². The molecule has 1 aromatic rings. The van der Waals surface area contributed by atoms with Crippen LogP contribution < -0.4 is 15.2 Å². The molecule has 104 valence electrons. The first-order valence-corrected chi connectivity index (χ1v) is 7.35. The van der Waals surface area contributed by atoms with E-state index in [1.807, 2.05) is 6.92 Å². The monoisotopic (exact) mass is 281 g/mol. The molecule has 0 bridgehead atoms. The van der Waals surface area contributed by atoms with Crippen LogP contribution in [0.15, 0.2) is 6.07 Å². The number of nitrogens with two attached hydrogens (primary N) is 1. The zero-order chi connectivity index (χ0) is 13.5. The molecule has 1 aliphatic carbocycles. The second-order valence-corrected chi connectivity index (χ2v) is 5.96. The second-order valence-electron chi connectivity index (χ2n) is 5.58. The smallest absolute Gasteiger partial charge is 0.165 e. The van der Waals surface area contributed by atoms with E-state index in [4.69, 9.17) is 26.8 Å². The van der Waals surface area contributed by atoms with Crippen molar-refractivity contribution in [2.24, 2.45) is 5.73 Å². The molecule has 1 aliphatic heterocycles. The highest BCUT2D eigenvalue weighted by Gasteiger charge is 2.37. The molecule has 2 N–H and O–H groups in total. The van der Waals surface area contributed by atoms with Crippen LogP contribution in [-0.4, -0.2) is 19.8 Å². The molecular weight excluding hydrogens is 262 g/mol. The van der Waals surface area contributed by atoms with Gasteiger partial charge >= 0.3 is 0 Å². The molecule has 0 radical (unpaired) electrons. The van der Waals surface area contributed by atoms with Crippen molar-refractivity contribution in [1.82, 2.24) is 0 Å². The molecule has 4 heteroatoms. The van der Waals surface area contributed by atoms with E-state index in [-0.39, 0.29) is 5.41 Å². The minimum Gasteiger partial charge on any atom is -0.486 e. The highest BCUT2D eigenvalue weighted by atomic mass is 35.5. The molecule has 0 aromatic heterocycles. The SMILES string of the molecule is Cc1c(Cl)c(C2(CN)CCCC2)cc2c1OCCO2. The largest absolute Gasteiger partial charge is 0.486 e. The number of hydrogen-bond acceptors (Lipinski definition) is 3. The third kappa shape index (κ3) is 2.00. The zero-order valence-electron chi connectivity index (χ0n) is 11.3. The van der Waals surface area contributed by atoms with E-state index >= 15 is 0 Å². The summed E-state index contributed by atoms with van der Waals surface area (Å²) in [5.74, 6) is 1.62. The Labute approximate surface area is 119 Å². The van der Waals surface area contributed by atoms with Crippen molar-refractivity contribution < 1.29 is 9.47 Å². The summed E-state index contributed by atoms with van der Waals surface area (Å²) in [5.41, 5.74) is 8.22. The summed E-state index contributed by atoms with van der Waals surface area (Å²) in [6.07, 6.45) is 4.67. The van der Waals surface area contributed by atoms with Gasteiger partial charge in [0.15, 0.2) is 11.5 Å². The molecule has 1 saturated carbocycles. The van der Waals surface area contributed by atoms with E-state index in [2.05, 4.69) is 6.07 Å². The molecule has 0 atom stereocenters. The van der Waals surface area contributed by atoms with Gasteiger partial charge in [-0.2, -0.15) is 0 Å². The zero-order valence-corrected chi connectivity index (χ0v) is 12.1. The van der Waals surface area contributed by atoms with E-state index < -0.39 is 0 Å². The van der Waals surface area contributed by atoms with Crippen molar-refractivity contribution in [3.63, 3.8) is 0 Å². The fraction of sp³-hybridized carbons (Fsp3) is 0.600. The van der Waals surface area contributed by atoms with Gasteiger partial charge in [-0.25, -0.2) is 0 Å². The standard InChI is InChI=1S/C15H20ClNO2/c1-10-13(16)11(15(9-17)4-2-3-5-15)8-12-14(10)19-7-6-18-12/h8H,2-7,9,17H2,1H3. The normalized spacial score (nSPS) is 20.6. The number of rotatable bonds is 2. The van der Waals surface area contributed by atoms with Gasteiger partial charge in [0.2, 0.25) is 0 Å². The van der Waals surface area contributed by atoms with E-state index in [1.165, 1.54) is 12.8 Å². The summed E-state index contributed by atoms with van der Waals surface area (Å²) in [6, 6.07) is 2.06. The average molecular weight is 282 g/mol. The van der Waals surface area contributed by atoms with Crippen molar-refractivity contribution >= 4 is 11.6 Å². The predicted octanol–water partition coefficient (Wildman–Crippen LogP) is 3.19. The van der Waals surface area contributed by atoms with Crippen LogP contribution in [-0.2, 0) is 5.41 Å². The third-order valence-electron chi connectivity index (χ3n) is 4.52. The molecule has 0 spiro atoms. The molecule has 3 rings (SSSR count). The molecular formula is C15H20ClNO2. The van der Waals surface area contributed by atoms with Gasteiger partial charge in [-0.1, -0.05) is 24.4 Å². The Balaban J connectivity index is 2.13. The van der Waals surface area contributed by atoms with E-state index in [0.29, 0.717) is 19.8 Å². The van der Waals surface area contributed by atoms with Crippen molar-refractivity contribution in [2.45, 2.75) is 38.0 Å². The van der Waals surface area contributed by atoms with Gasteiger partial charge in [-0.05, 0) is 31.4 Å². The Morgan fingerprint density at radius 2 is 1.95 bits per heavy atom. The number of hydrogen-bond donors (Lipinski definition) is 1. The predicted molar refractivity (Wildman–Crippen MR) is 76.4 cm³/mol. The second kappa shape index (κ2) is 4.88. The molecule has 1 heterocycles. The van der Waals surface area contributed by atoms with Crippen molar-refractivity contribution in [3.8, 4) is 11.5 Å². The van der Waals surface area contributed by atoms with E-state index in [1.54, 1.807) is 0 Å². The van der Waals surface area contributed by atoms with Gasteiger partial charge in [-0.15, -0.1) is 0 Å². The highest BCUT2D eigenvalue weighted by Crippen LogP contribution is 2.48. The molecule has 1 fully saturated rings. The van der Waals surface area contributed by atoms with Crippen molar-refractivity contribution in [3.05, 3.63) is 22.2 Å². The number of halogens is 1. The topological polar surface area (TPSA) is 44.5 Å². The molecule has 1 aromatic carbocycles. The number of fused-ring (bicyclic) bond motifs is 1. The van der Waals surface area contributed by atoms with Gasteiger partial charge in [0.25, 0.3) is 0 Å². The molecule has 0 amide bonds. The van der Waals surface area contributed by atoms with Gasteiger partial charge in [0.1, 0.15) is 13.2 Å². The van der Waals surface area contributed by atoms with Crippen molar-refractivity contribution in [1.29, 1.82) is 0 Å². The molecule has 19 heavy (non-hydrogen) atoms. The van der Waals surface area contributed by atoms with Gasteiger partial charge in [-0.3, -0.25) is 0 Å². The first kappa shape index (κ1) is 13.1. The van der Waals surface area contributed by atoms with Crippen LogP contribution in [0.2, 0.25) is 5.02 Å². The third-order valence-corrected chi connectivity index (χ3v) is 5.00. The lowest BCUT2D eigenvalue weighted by Gasteiger charge is -2.31. The van der Waals surface area contributed by atoms with Crippen LogP contribution in [0.4, 0.5) is 0 Å². The minimum atomic E-state index is 0.0255. The van der Waals surface area contributed by atoms with E-state index in [9.17, 15) is 0 Å². The first-order valence-electron chi connectivity index (χ1n) is 6.97. The lowest BCUT2D eigenvalue weighted by molar-refractivity contribution is 0.170. The highest BCUT2D eigenvalue weighted by molar-refractivity contribution is 6.32. The summed E-state index contributed by atoms with van der Waals surface area (Å²) >= 11 is 6.59. The van der Waals surface area contributed by atoms with Gasteiger partial charge in [0.05, 0.1) is 5.02 Å². The lowest BCUT2D eigenvalue weighted by Crippen LogP contribution is -2.33. The van der Waals surface area contributed by atoms with Crippen LogP contribution in [0.1, 0.15) is 36.8 Å². The average Bonchev–Trinajstić information content (AvgIpc) is 2.93. The maximum atomic E-state index is 6.59. The van der Waals surface area contributed by atoms with E-state index in [0.717, 1.165) is 40.5 Å². The van der Waals surface area contributed by atoms with Crippen LogP contribution in [0.5, 0.6) is 11.5 Å². The summed E-state index contributed by atoms with van der Waals surface area (Å²) in [5, 5.41) is 0.802. The fourth-order valence-electron chi connectivity index (χ4n) is 3.35. The summed E-state index contributed by atoms with van der Waals surface area (Å²) in [7, 11) is 0. The lowest BCUT2D eigenvalue weighted by atomic mass is 9.78. The Hall–Kier alpha value is -0.930. The maximum absolute atomic E-state index is 6.59. The Kier molecular flexibility index (Phi) is 3.35. The molecule has 3 nitrogen and oxygen atoms in total. The molecule has 2 aliphatic rings. The minimum absolute atomic E-state index is 0.0255. The maximum Gasteiger partial charge on any atom is 0.165 e. The van der Waals surface area contributed by atoms with Crippen LogP contribution >= 0.6 is 11.6 Å². The Morgan fingerprint density at radius 3 is 2.63 bits per heavy atom. The van der Waals surface area contributed by atoms with Gasteiger partial charge < -0.3 is 15.2 Å². The van der Waals surface area contributed by atoms with Crippen LogP contribution in [0.3, 0.4) is 0 Å². The van der Waals surface area contributed by atoms with Crippen molar-refractivity contribution in [2.75, 3.05) is 19.8 Å². The number of benzene rings is 1. The first-order chi connectivity index (χ1) is 9.18. The summed E-state index contributed by atoms with van der Waals surface area (Å²) < 4.78 is 11.4. The summed E-state index contributed by atoms with van der Waals surface area (Å²) in [6.45, 7) is 3.83. The molecule has 0 unspecified atom stereocenters. The van der Waals surface area contributed by atoms with Crippen LogP contribution in [0.25, 0.3) is 0 Å². The number of ether oxygens (including phenoxy) is 2. The Bertz CT molecular complexity index is 495. The van der Waals surface area contributed by atoms with Gasteiger partial charge in [0, 0.05) is 17.5 Å². The Morgan fingerprint density at radius 1 is 1.26 bits per heavy atom. The quantitative estimate of drug-likeness (QED) is 0.905. The summed E-state index contributed by atoms with van der Waals surface area (Å²) in [4.78, 5) is 0.